The normalized spacial score (nSPS) is 9.83. The highest BCUT2D eigenvalue weighted by atomic mass is 16.4. The lowest BCUT2D eigenvalue weighted by atomic mass is 10.3. The molecule has 0 saturated carbocycles. The van der Waals surface area contributed by atoms with E-state index in [4.69, 9.17) is 9.52 Å². The molecule has 3 N–H and O–H groups in total. The van der Waals surface area contributed by atoms with Crippen molar-refractivity contribution in [3.8, 4) is 0 Å². The highest BCUT2D eigenvalue weighted by molar-refractivity contribution is 5.95. The van der Waals surface area contributed by atoms with E-state index in [1.165, 1.54) is 6.92 Å². The molecule has 98 valence electrons. The minimum Gasteiger partial charge on any atom is -0.478 e. The van der Waals surface area contributed by atoms with E-state index >= 15 is 0 Å². The number of amides is 2. The van der Waals surface area contributed by atoms with Crippen LogP contribution in [0, 0.1) is 0 Å². The van der Waals surface area contributed by atoms with E-state index in [0.29, 0.717) is 19.5 Å². The molecule has 7 heteroatoms. The van der Waals surface area contributed by atoms with Gasteiger partial charge in [-0.15, -0.1) is 0 Å². The number of rotatable bonds is 6. The molecule has 1 rings (SSSR count). The van der Waals surface area contributed by atoms with E-state index in [0.717, 1.165) is 12.3 Å². The van der Waals surface area contributed by atoms with Crippen LogP contribution in [0.2, 0.25) is 0 Å². The predicted octanol–water partition coefficient (Wildman–Crippen LogP) is 0.234. The quantitative estimate of drug-likeness (QED) is 0.630. The van der Waals surface area contributed by atoms with Crippen LogP contribution in [0.5, 0.6) is 0 Å². The molecule has 1 heterocycles. The monoisotopic (exact) mass is 254 g/mol. The van der Waals surface area contributed by atoms with Crippen LogP contribution in [-0.2, 0) is 4.79 Å². The number of carboxylic acids is 1. The smallest absolute Gasteiger partial charge is 0.338 e. The van der Waals surface area contributed by atoms with Gasteiger partial charge in [-0.25, -0.2) is 4.79 Å². The molecule has 0 aliphatic rings. The van der Waals surface area contributed by atoms with E-state index in [1.807, 2.05) is 0 Å². The Morgan fingerprint density at radius 2 is 1.94 bits per heavy atom. The number of hydrogen-bond donors (Lipinski definition) is 3. The van der Waals surface area contributed by atoms with E-state index in [-0.39, 0.29) is 17.2 Å². The van der Waals surface area contributed by atoms with E-state index in [2.05, 4.69) is 10.6 Å². The van der Waals surface area contributed by atoms with Gasteiger partial charge in [-0.05, 0) is 6.42 Å². The molecule has 1 aromatic heterocycles. The lowest BCUT2D eigenvalue weighted by Crippen LogP contribution is -2.28. The Labute approximate surface area is 103 Å². The second-order valence-corrected chi connectivity index (χ2v) is 3.60. The van der Waals surface area contributed by atoms with Crippen LogP contribution in [0.25, 0.3) is 0 Å². The number of carboxylic acid groups (broad SMARTS) is 1. The summed E-state index contributed by atoms with van der Waals surface area (Å²) < 4.78 is 4.82. The maximum Gasteiger partial charge on any atom is 0.338 e. The summed E-state index contributed by atoms with van der Waals surface area (Å²) in [6.07, 6.45) is 1.59. The molecule has 0 saturated heterocycles. The summed E-state index contributed by atoms with van der Waals surface area (Å²) in [5, 5.41) is 13.8. The fourth-order valence-electron chi connectivity index (χ4n) is 1.21. The Hall–Kier alpha value is -2.31. The molecular weight excluding hydrogens is 240 g/mol. The first-order valence-electron chi connectivity index (χ1n) is 5.35. The maximum atomic E-state index is 11.5. The fourth-order valence-corrected chi connectivity index (χ4v) is 1.21. The molecular formula is C11H14N2O5. The molecule has 0 fully saturated rings. The van der Waals surface area contributed by atoms with Crippen LogP contribution in [0.4, 0.5) is 0 Å². The van der Waals surface area contributed by atoms with E-state index < -0.39 is 11.9 Å². The molecule has 2 amide bonds. The summed E-state index contributed by atoms with van der Waals surface area (Å²) >= 11 is 0. The minimum absolute atomic E-state index is 0.0491. The largest absolute Gasteiger partial charge is 0.478 e. The predicted molar refractivity (Wildman–Crippen MR) is 61.3 cm³/mol. The number of furan rings is 1. The summed E-state index contributed by atoms with van der Waals surface area (Å²) in [6, 6.07) is 1.16. The maximum absolute atomic E-state index is 11.5. The molecule has 0 aliphatic heterocycles. The standard InChI is InChI=1S/C11H14N2O5/c1-7(14)12-3-2-4-13-10(15)9-5-8(6-18-9)11(16)17/h5-6H,2-4H2,1H3,(H,12,14)(H,13,15)(H,16,17). The SMILES string of the molecule is CC(=O)NCCCNC(=O)c1cc(C(=O)O)co1. The van der Waals surface area contributed by atoms with Crippen LogP contribution in [0.15, 0.2) is 16.7 Å². The molecule has 7 nitrogen and oxygen atoms in total. The number of carbonyl (C=O) groups is 3. The van der Waals surface area contributed by atoms with Gasteiger partial charge >= 0.3 is 5.97 Å². The van der Waals surface area contributed by atoms with E-state index in [1.54, 1.807) is 0 Å². The van der Waals surface area contributed by atoms with Gasteiger partial charge in [0, 0.05) is 26.1 Å². The molecule has 0 bridgehead atoms. The summed E-state index contributed by atoms with van der Waals surface area (Å²) in [5.74, 6) is -1.81. The molecule has 0 aliphatic carbocycles. The van der Waals surface area contributed by atoms with Crippen molar-refractivity contribution < 1.29 is 23.9 Å². The van der Waals surface area contributed by atoms with Crippen molar-refractivity contribution in [2.45, 2.75) is 13.3 Å². The lowest BCUT2D eigenvalue weighted by molar-refractivity contribution is -0.118. The van der Waals surface area contributed by atoms with Crippen LogP contribution < -0.4 is 10.6 Å². The van der Waals surface area contributed by atoms with Crippen LogP contribution in [0.3, 0.4) is 0 Å². The molecule has 0 atom stereocenters. The molecule has 1 aromatic rings. The fraction of sp³-hybridized carbons (Fsp3) is 0.364. The average molecular weight is 254 g/mol. The Morgan fingerprint density at radius 1 is 1.28 bits per heavy atom. The minimum atomic E-state index is -1.15. The van der Waals surface area contributed by atoms with Crippen LogP contribution >= 0.6 is 0 Å². The van der Waals surface area contributed by atoms with Crippen molar-refractivity contribution in [1.29, 1.82) is 0 Å². The van der Waals surface area contributed by atoms with Crippen molar-refractivity contribution in [3.05, 3.63) is 23.7 Å². The van der Waals surface area contributed by atoms with Crippen molar-refractivity contribution in [2.24, 2.45) is 0 Å². The van der Waals surface area contributed by atoms with Gasteiger partial charge in [0.15, 0.2) is 5.76 Å². The Kier molecular flexibility index (Phi) is 4.91. The lowest BCUT2D eigenvalue weighted by Gasteiger charge is -2.03. The highest BCUT2D eigenvalue weighted by Gasteiger charge is 2.13. The number of hydrogen-bond acceptors (Lipinski definition) is 4. The van der Waals surface area contributed by atoms with Gasteiger partial charge in [-0.2, -0.15) is 0 Å². The first-order chi connectivity index (χ1) is 8.50. The third-order valence-corrected chi connectivity index (χ3v) is 2.08. The Balaban J connectivity index is 2.32. The first-order valence-corrected chi connectivity index (χ1v) is 5.35. The number of aromatic carboxylic acids is 1. The molecule has 0 spiro atoms. The van der Waals surface area contributed by atoms with Gasteiger partial charge in [0.25, 0.3) is 5.91 Å². The highest BCUT2D eigenvalue weighted by Crippen LogP contribution is 2.07. The zero-order chi connectivity index (χ0) is 13.5. The average Bonchev–Trinajstić information content (AvgIpc) is 2.77. The second-order valence-electron chi connectivity index (χ2n) is 3.60. The van der Waals surface area contributed by atoms with Gasteiger partial charge in [0.05, 0.1) is 5.56 Å². The molecule has 18 heavy (non-hydrogen) atoms. The van der Waals surface area contributed by atoms with E-state index in [9.17, 15) is 14.4 Å². The van der Waals surface area contributed by atoms with Crippen LogP contribution in [-0.4, -0.2) is 36.0 Å². The summed E-state index contributed by atoms with van der Waals surface area (Å²) in [7, 11) is 0. The number of carbonyl (C=O) groups excluding carboxylic acids is 2. The van der Waals surface area contributed by atoms with Gasteiger partial charge < -0.3 is 20.2 Å². The summed E-state index contributed by atoms with van der Waals surface area (Å²) in [5.41, 5.74) is -0.0709. The first kappa shape index (κ1) is 13.8. The van der Waals surface area contributed by atoms with Gasteiger partial charge in [-0.1, -0.05) is 0 Å². The summed E-state index contributed by atoms with van der Waals surface area (Å²) in [6.45, 7) is 2.24. The zero-order valence-corrected chi connectivity index (χ0v) is 9.86. The van der Waals surface area contributed by atoms with Gasteiger partial charge in [-0.3, -0.25) is 9.59 Å². The third kappa shape index (κ3) is 4.28. The van der Waals surface area contributed by atoms with Gasteiger partial charge in [0.2, 0.25) is 5.91 Å². The van der Waals surface area contributed by atoms with Crippen molar-refractivity contribution >= 4 is 17.8 Å². The van der Waals surface area contributed by atoms with Crippen molar-refractivity contribution in [2.75, 3.05) is 13.1 Å². The second kappa shape index (κ2) is 6.43. The summed E-state index contributed by atoms with van der Waals surface area (Å²) in [4.78, 5) is 32.6. The Morgan fingerprint density at radius 3 is 2.50 bits per heavy atom. The van der Waals surface area contributed by atoms with Crippen LogP contribution in [0.1, 0.15) is 34.3 Å². The van der Waals surface area contributed by atoms with Crippen molar-refractivity contribution in [1.82, 2.24) is 10.6 Å². The zero-order valence-electron chi connectivity index (χ0n) is 9.86. The molecule has 0 aromatic carbocycles. The topological polar surface area (TPSA) is 109 Å². The third-order valence-electron chi connectivity index (χ3n) is 2.08. The molecule has 0 radical (unpaired) electrons. The van der Waals surface area contributed by atoms with Crippen molar-refractivity contribution in [3.63, 3.8) is 0 Å². The number of nitrogens with one attached hydrogen (secondary N) is 2. The Bertz CT molecular complexity index is 452. The molecule has 0 unspecified atom stereocenters. The van der Waals surface area contributed by atoms with Gasteiger partial charge in [0.1, 0.15) is 6.26 Å².